The molecule has 0 aliphatic rings. The van der Waals surface area contributed by atoms with Crippen LogP contribution in [-0.4, -0.2) is 9.13 Å². The van der Waals surface area contributed by atoms with Gasteiger partial charge in [0.15, 0.2) is 0 Å². The van der Waals surface area contributed by atoms with E-state index in [4.69, 9.17) is 0 Å². The molecule has 2 nitrogen and oxygen atoms in total. The number of benzene rings is 7. The van der Waals surface area contributed by atoms with Crippen LogP contribution in [0.15, 0.2) is 170 Å². The van der Waals surface area contributed by atoms with Crippen molar-refractivity contribution in [3.8, 4) is 33.6 Å². The monoisotopic (exact) mass is 560 g/mol. The van der Waals surface area contributed by atoms with Crippen molar-refractivity contribution in [2.75, 3.05) is 0 Å². The number of aromatic nitrogens is 2. The summed E-state index contributed by atoms with van der Waals surface area (Å²) in [7, 11) is 0. The van der Waals surface area contributed by atoms with Crippen LogP contribution in [0.3, 0.4) is 0 Å². The van der Waals surface area contributed by atoms with Crippen LogP contribution in [0, 0.1) is 0 Å². The van der Waals surface area contributed by atoms with E-state index in [1.54, 1.807) is 0 Å². The number of nitrogens with zero attached hydrogens (tertiary/aromatic N) is 2. The van der Waals surface area contributed by atoms with E-state index in [1.165, 1.54) is 65.9 Å². The van der Waals surface area contributed by atoms with E-state index >= 15 is 0 Å². The molecule has 7 aromatic carbocycles. The molecule has 0 unspecified atom stereocenters. The maximum absolute atomic E-state index is 2.46. The highest BCUT2D eigenvalue weighted by molar-refractivity contribution is 6.23. The largest absolute Gasteiger partial charge is 0.307 e. The number of hydrogen-bond donors (Lipinski definition) is 0. The summed E-state index contributed by atoms with van der Waals surface area (Å²) in [6.07, 6.45) is 0. The smallest absolute Gasteiger partial charge is 0.0788 e. The molecular formula is C42H28N2. The Bertz CT molecular complexity index is 2460. The highest BCUT2D eigenvalue weighted by Gasteiger charge is 2.21. The second-order valence-corrected chi connectivity index (χ2v) is 11.4. The van der Waals surface area contributed by atoms with Crippen LogP contribution < -0.4 is 0 Å². The zero-order chi connectivity index (χ0) is 29.0. The Morgan fingerprint density at radius 3 is 1.23 bits per heavy atom. The van der Waals surface area contributed by atoms with Crippen molar-refractivity contribution in [3.05, 3.63) is 170 Å². The fraction of sp³-hybridized carbons (Fsp3) is 0. The van der Waals surface area contributed by atoms with Gasteiger partial charge >= 0.3 is 0 Å². The average molecular weight is 561 g/mol. The summed E-state index contributed by atoms with van der Waals surface area (Å²) < 4.78 is 4.89. The van der Waals surface area contributed by atoms with E-state index in [-0.39, 0.29) is 0 Å². The predicted octanol–water partition coefficient (Wildman–Crippen LogP) is 11.2. The molecule has 0 spiro atoms. The highest BCUT2D eigenvalue weighted by atomic mass is 15.0. The number of para-hydroxylation sites is 3. The Kier molecular flexibility index (Phi) is 5.54. The van der Waals surface area contributed by atoms with Gasteiger partial charge in [-0.2, -0.15) is 0 Å². The maximum atomic E-state index is 2.46. The van der Waals surface area contributed by atoms with Gasteiger partial charge in [0.25, 0.3) is 0 Å². The summed E-state index contributed by atoms with van der Waals surface area (Å²) in [5.41, 5.74) is 12.1. The average Bonchev–Trinajstić information content (AvgIpc) is 3.62. The SMILES string of the molecule is c1ccc(-c2ccccc2-c2ccc(-n3c4ccccc4c4ccc5c6ccccc6n(-c6ccccc6)c5c43)cc2)cc1. The lowest BCUT2D eigenvalue weighted by Crippen LogP contribution is -1.98. The number of fused-ring (bicyclic) bond motifs is 7. The van der Waals surface area contributed by atoms with Crippen molar-refractivity contribution < 1.29 is 0 Å². The van der Waals surface area contributed by atoms with Crippen molar-refractivity contribution in [1.82, 2.24) is 9.13 Å². The van der Waals surface area contributed by atoms with E-state index in [0.29, 0.717) is 0 Å². The van der Waals surface area contributed by atoms with Crippen LogP contribution in [0.2, 0.25) is 0 Å². The fourth-order valence-electron chi connectivity index (χ4n) is 7.01. The molecule has 2 heteroatoms. The van der Waals surface area contributed by atoms with Gasteiger partial charge in [0.2, 0.25) is 0 Å². The minimum atomic E-state index is 1.15. The van der Waals surface area contributed by atoms with Gasteiger partial charge in [0.1, 0.15) is 0 Å². The zero-order valence-electron chi connectivity index (χ0n) is 24.1. The summed E-state index contributed by atoms with van der Waals surface area (Å²) in [5, 5.41) is 5.03. The summed E-state index contributed by atoms with van der Waals surface area (Å²) >= 11 is 0. The third-order valence-electron chi connectivity index (χ3n) is 8.93. The molecule has 0 fully saturated rings. The Labute approximate surface area is 255 Å². The van der Waals surface area contributed by atoms with E-state index in [9.17, 15) is 0 Å². The molecule has 9 aromatic rings. The molecule has 0 saturated carbocycles. The lowest BCUT2D eigenvalue weighted by atomic mass is 9.94. The van der Waals surface area contributed by atoms with Gasteiger partial charge in [0, 0.05) is 32.9 Å². The van der Waals surface area contributed by atoms with Crippen molar-refractivity contribution >= 4 is 43.6 Å². The summed E-state index contributed by atoms with van der Waals surface area (Å²) in [5.74, 6) is 0. The molecule has 0 bridgehead atoms. The highest BCUT2D eigenvalue weighted by Crippen LogP contribution is 2.42. The van der Waals surface area contributed by atoms with Crippen LogP contribution >= 0.6 is 0 Å². The Morgan fingerprint density at radius 1 is 0.273 bits per heavy atom. The number of hydrogen-bond acceptors (Lipinski definition) is 0. The van der Waals surface area contributed by atoms with Gasteiger partial charge in [-0.25, -0.2) is 0 Å². The Balaban J connectivity index is 1.34. The van der Waals surface area contributed by atoms with Crippen molar-refractivity contribution in [1.29, 1.82) is 0 Å². The summed E-state index contributed by atoms with van der Waals surface area (Å²) in [6, 6.07) is 61.3. The fourth-order valence-corrected chi connectivity index (χ4v) is 7.01. The predicted molar refractivity (Wildman–Crippen MR) is 186 cm³/mol. The minimum absolute atomic E-state index is 1.15. The molecule has 0 saturated heterocycles. The molecule has 0 atom stereocenters. The van der Waals surface area contributed by atoms with Crippen LogP contribution in [-0.2, 0) is 0 Å². The van der Waals surface area contributed by atoms with Crippen molar-refractivity contribution in [3.63, 3.8) is 0 Å². The van der Waals surface area contributed by atoms with Gasteiger partial charge in [0.05, 0.1) is 22.1 Å². The standard InChI is InChI=1S/C42H28N2/c1-3-13-29(14-4-1)33-17-7-8-18-34(33)30-23-25-32(26-24-30)44-40-22-12-10-20-36(40)38-28-27-37-35-19-9-11-21-39(35)43(41(37)42(38)44)31-15-5-2-6-16-31/h1-28H. The van der Waals surface area contributed by atoms with Crippen LogP contribution in [0.4, 0.5) is 0 Å². The van der Waals surface area contributed by atoms with Gasteiger partial charge in [-0.15, -0.1) is 0 Å². The summed E-state index contributed by atoms with van der Waals surface area (Å²) in [6.45, 7) is 0. The molecule has 9 rings (SSSR count). The molecule has 44 heavy (non-hydrogen) atoms. The first-order valence-electron chi connectivity index (χ1n) is 15.1. The topological polar surface area (TPSA) is 9.86 Å². The molecular weight excluding hydrogens is 532 g/mol. The first-order valence-corrected chi connectivity index (χ1v) is 15.1. The van der Waals surface area contributed by atoms with Gasteiger partial charge in [-0.05, 0) is 58.7 Å². The second-order valence-electron chi connectivity index (χ2n) is 11.4. The second kappa shape index (κ2) is 9.86. The van der Waals surface area contributed by atoms with Crippen molar-refractivity contribution in [2.24, 2.45) is 0 Å². The molecule has 0 aliphatic heterocycles. The zero-order valence-corrected chi connectivity index (χ0v) is 24.1. The molecule has 0 N–H and O–H groups in total. The minimum Gasteiger partial charge on any atom is -0.307 e. The van der Waals surface area contributed by atoms with E-state index in [0.717, 1.165) is 11.4 Å². The molecule has 2 aromatic heterocycles. The lowest BCUT2D eigenvalue weighted by molar-refractivity contribution is 1.15. The number of rotatable bonds is 4. The maximum Gasteiger partial charge on any atom is 0.0788 e. The first kappa shape index (κ1) is 24.7. The van der Waals surface area contributed by atoms with Crippen molar-refractivity contribution in [2.45, 2.75) is 0 Å². The normalized spacial score (nSPS) is 11.6. The quantitative estimate of drug-likeness (QED) is 0.203. The Hall–Kier alpha value is -5.86. The molecule has 0 radical (unpaired) electrons. The van der Waals surface area contributed by atoms with Gasteiger partial charge in [-0.3, -0.25) is 0 Å². The lowest BCUT2D eigenvalue weighted by Gasteiger charge is -2.14. The summed E-state index contributed by atoms with van der Waals surface area (Å²) in [4.78, 5) is 0. The van der Waals surface area contributed by atoms with Gasteiger partial charge in [-0.1, -0.05) is 133 Å². The third kappa shape index (κ3) is 3.68. The van der Waals surface area contributed by atoms with Crippen LogP contribution in [0.5, 0.6) is 0 Å². The molecule has 0 aliphatic carbocycles. The molecule has 2 heterocycles. The van der Waals surface area contributed by atoms with Crippen LogP contribution in [0.1, 0.15) is 0 Å². The third-order valence-corrected chi connectivity index (χ3v) is 8.93. The van der Waals surface area contributed by atoms with E-state index in [1.807, 2.05) is 0 Å². The van der Waals surface area contributed by atoms with Gasteiger partial charge < -0.3 is 9.13 Å². The van der Waals surface area contributed by atoms with E-state index < -0.39 is 0 Å². The van der Waals surface area contributed by atoms with E-state index in [2.05, 4.69) is 179 Å². The van der Waals surface area contributed by atoms with Crippen LogP contribution in [0.25, 0.3) is 77.2 Å². The first-order chi connectivity index (χ1) is 21.9. The Morgan fingerprint density at radius 2 is 0.682 bits per heavy atom. The molecule has 206 valence electrons. The molecule has 0 amide bonds.